The Bertz CT molecular complexity index is 1800. The number of aliphatic carboxylic acids is 1. The van der Waals surface area contributed by atoms with E-state index in [2.05, 4.69) is 15.6 Å². The number of rotatable bonds is 8. The summed E-state index contributed by atoms with van der Waals surface area (Å²) < 4.78 is 41.7. The number of fused-ring (bicyclic) bond motifs is 1. The van der Waals surface area contributed by atoms with Crippen LogP contribution >= 0.6 is 0 Å². The molecule has 2 aromatic carbocycles. The molecule has 1 aliphatic carbocycles. The van der Waals surface area contributed by atoms with Crippen molar-refractivity contribution in [2.75, 3.05) is 5.32 Å². The van der Waals surface area contributed by atoms with E-state index in [9.17, 15) is 27.6 Å². The van der Waals surface area contributed by atoms with Crippen LogP contribution in [0, 0.1) is 0 Å². The van der Waals surface area contributed by atoms with Crippen molar-refractivity contribution in [3.63, 3.8) is 0 Å². The summed E-state index contributed by atoms with van der Waals surface area (Å²) in [5.74, 6) is -1.78. The molecule has 1 saturated carbocycles. The number of nitrogens with one attached hydrogen (secondary N) is 2. The van der Waals surface area contributed by atoms with Crippen molar-refractivity contribution in [3.8, 4) is 11.4 Å². The van der Waals surface area contributed by atoms with Crippen LogP contribution in [-0.2, 0) is 22.8 Å². The van der Waals surface area contributed by atoms with Gasteiger partial charge in [0, 0.05) is 41.5 Å². The van der Waals surface area contributed by atoms with Crippen molar-refractivity contribution in [1.29, 1.82) is 0 Å². The van der Waals surface area contributed by atoms with Gasteiger partial charge in [0.25, 0.3) is 5.91 Å². The summed E-state index contributed by atoms with van der Waals surface area (Å²) in [6.07, 6.45) is 3.99. The number of halogens is 3. The molecule has 1 fully saturated rings. The average Bonchev–Trinajstić information content (AvgIpc) is 3.31. The molecule has 2 aromatic heterocycles. The van der Waals surface area contributed by atoms with Crippen LogP contribution in [0.1, 0.15) is 78.9 Å². The molecule has 0 spiro atoms. The largest absolute Gasteiger partial charge is 0.478 e. The fraction of sp³-hybridized carbons (Fsp3) is 0.314. The van der Waals surface area contributed by atoms with Gasteiger partial charge in [-0.2, -0.15) is 13.2 Å². The number of anilines is 1. The molecule has 2 heterocycles. The molecule has 5 rings (SSSR count). The predicted molar refractivity (Wildman–Crippen MR) is 170 cm³/mol. The van der Waals surface area contributed by atoms with Crippen molar-refractivity contribution < 1.29 is 32.7 Å². The number of pyridine rings is 1. The highest BCUT2D eigenvalue weighted by Gasteiger charge is 2.33. The van der Waals surface area contributed by atoms with Crippen LogP contribution in [0.5, 0.6) is 0 Å². The first-order valence-corrected chi connectivity index (χ1v) is 15.1. The second kappa shape index (κ2) is 12.8. The van der Waals surface area contributed by atoms with Crippen molar-refractivity contribution in [2.45, 2.75) is 63.6 Å². The average molecular weight is 633 g/mol. The molecule has 0 radical (unpaired) electrons. The van der Waals surface area contributed by atoms with Gasteiger partial charge in [-0.3, -0.25) is 14.6 Å². The second-order valence-corrected chi connectivity index (χ2v) is 12.1. The topological polar surface area (TPSA) is 113 Å². The van der Waals surface area contributed by atoms with Crippen LogP contribution in [-0.4, -0.2) is 38.0 Å². The molecule has 0 aliphatic heterocycles. The van der Waals surface area contributed by atoms with E-state index in [1.165, 1.54) is 12.1 Å². The normalized spacial score (nSPS) is 14.5. The summed E-state index contributed by atoms with van der Waals surface area (Å²) in [6, 6.07) is 14.3. The van der Waals surface area contributed by atoms with Gasteiger partial charge in [-0.05, 0) is 86.2 Å². The summed E-state index contributed by atoms with van der Waals surface area (Å²) in [6.45, 7) is 3.17. The minimum absolute atomic E-state index is 0.209. The number of nitrogens with zero attached hydrogens (tertiary/aromatic N) is 2. The molecule has 240 valence electrons. The van der Waals surface area contributed by atoms with Crippen molar-refractivity contribution in [3.05, 3.63) is 89.1 Å². The third-order valence-electron chi connectivity index (χ3n) is 8.43. The first-order valence-electron chi connectivity index (χ1n) is 15.1. The summed E-state index contributed by atoms with van der Waals surface area (Å²) >= 11 is 0. The summed E-state index contributed by atoms with van der Waals surface area (Å²) in [7, 11) is 1.82. The number of hydrogen-bond acceptors (Lipinski definition) is 4. The van der Waals surface area contributed by atoms with Crippen LogP contribution in [0.3, 0.4) is 0 Å². The summed E-state index contributed by atoms with van der Waals surface area (Å²) in [5, 5.41) is 15.3. The number of alkyl halides is 3. The molecule has 0 saturated heterocycles. The Balaban J connectivity index is 1.41. The number of carbonyl (C=O) groups excluding carboxylic acids is 2. The SMILES string of the molecule is Cn1c(-c2ccc(C(F)(F)F)cn2)c(C2CCCCC2)c2ccc(C(=O)NC(C)(C)C(=O)Nc3ccc(/C=C/C(=O)O)cc3)cc21. The number of amides is 2. The maximum atomic E-state index is 13.5. The molecule has 8 nitrogen and oxygen atoms in total. The molecular formula is C35H35F3N4O4. The maximum absolute atomic E-state index is 13.5. The molecule has 11 heteroatoms. The van der Waals surface area contributed by atoms with Gasteiger partial charge >= 0.3 is 12.1 Å². The second-order valence-electron chi connectivity index (χ2n) is 12.1. The van der Waals surface area contributed by atoms with Gasteiger partial charge in [0.05, 0.1) is 17.0 Å². The van der Waals surface area contributed by atoms with E-state index in [1.54, 1.807) is 50.2 Å². The maximum Gasteiger partial charge on any atom is 0.417 e. The molecule has 46 heavy (non-hydrogen) atoms. The Labute approximate surface area is 264 Å². The molecule has 3 N–H and O–H groups in total. The Hall–Kier alpha value is -4.93. The molecule has 4 aromatic rings. The van der Waals surface area contributed by atoms with Gasteiger partial charge in [-0.25, -0.2) is 4.79 Å². The third kappa shape index (κ3) is 6.98. The highest BCUT2D eigenvalue weighted by molar-refractivity contribution is 6.05. The lowest BCUT2D eigenvalue weighted by molar-refractivity contribution is -0.138. The zero-order chi connectivity index (χ0) is 33.2. The van der Waals surface area contributed by atoms with Crippen molar-refractivity contribution in [2.24, 2.45) is 7.05 Å². The van der Waals surface area contributed by atoms with E-state index < -0.39 is 35.1 Å². The quantitative estimate of drug-likeness (QED) is 0.174. The lowest BCUT2D eigenvalue weighted by Crippen LogP contribution is -2.52. The Morgan fingerprint density at radius 2 is 1.67 bits per heavy atom. The van der Waals surface area contributed by atoms with E-state index in [0.29, 0.717) is 22.5 Å². The first kappa shape index (κ1) is 32.5. The lowest BCUT2D eigenvalue weighted by atomic mass is 9.82. The molecule has 2 amide bonds. The van der Waals surface area contributed by atoms with Crippen LogP contribution in [0.2, 0.25) is 0 Å². The van der Waals surface area contributed by atoms with Gasteiger partial charge in [0.15, 0.2) is 0 Å². The van der Waals surface area contributed by atoms with Gasteiger partial charge in [-0.1, -0.05) is 37.5 Å². The fourth-order valence-electron chi connectivity index (χ4n) is 5.97. The monoisotopic (exact) mass is 632 g/mol. The molecule has 0 bridgehead atoms. The number of benzene rings is 2. The number of aromatic nitrogens is 2. The lowest BCUT2D eigenvalue weighted by Gasteiger charge is -2.25. The van der Waals surface area contributed by atoms with E-state index in [4.69, 9.17) is 5.11 Å². The minimum Gasteiger partial charge on any atom is -0.478 e. The highest BCUT2D eigenvalue weighted by atomic mass is 19.4. The molecule has 0 unspecified atom stereocenters. The smallest absolute Gasteiger partial charge is 0.417 e. The minimum atomic E-state index is -4.49. The molecular weight excluding hydrogens is 597 g/mol. The number of aryl methyl sites for hydroxylation is 1. The van der Waals surface area contributed by atoms with Crippen molar-refractivity contribution in [1.82, 2.24) is 14.9 Å². The van der Waals surface area contributed by atoms with E-state index >= 15 is 0 Å². The third-order valence-corrected chi connectivity index (χ3v) is 8.43. The number of carbonyl (C=O) groups is 3. The van der Waals surface area contributed by atoms with Gasteiger partial charge < -0.3 is 20.3 Å². The van der Waals surface area contributed by atoms with Crippen LogP contribution < -0.4 is 10.6 Å². The van der Waals surface area contributed by atoms with Gasteiger partial charge in [0.1, 0.15) is 5.54 Å². The number of carboxylic acid groups (broad SMARTS) is 1. The van der Waals surface area contributed by atoms with E-state index in [-0.39, 0.29) is 5.92 Å². The Kier molecular flexibility index (Phi) is 9.05. The van der Waals surface area contributed by atoms with Gasteiger partial charge in [0.2, 0.25) is 5.91 Å². The van der Waals surface area contributed by atoms with Crippen molar-refractivity contribution >= 4 is 40.4 Å². The standard InChI is InChI=1S/C35H35F3N4O4/c1-34(2,33(46)40-25-14-9-21(10-15-25)11-18-29(43)44)41-32(45)23-12-16-26-28(19-23)42(3)31(30(26)22-7-5-4-6-8-22)27-17-13-24(20-39-27)35(36,37)38/h9-20,22H,4-8H2,1-3H3,(H,40,46)(H,41,45)(H,43,44)/b18-11+. The Morgan fingerprint density at radius 1 is 0.978 bits per heavy atom. The first-order chi connectivity index (χ1) is 21.7. The highest BCUT2D eigenvalue weighted by Crippen LogP contribution is 2.43. The van der Waals surface area contributed by atoms with E-state index in [0.717, 1.165) is 72.6 Å². The number of hydrogen-bond donors (Lipinski definition) is 3. The summed E-state index contributed by atoms with van der Waals surface area (Å²) in [5.41, 5.74) is 2.27. The van der Waals surface area contributed by atoms with Crippen LogP contribution in [0.25, 0.3) is 28.4 Å². The number of carboxylic acids is 1. The fourth-order valence-corrected chi connectivity index (χ4v) is 5.97. The van der Waals surface area contributed by atoms with Gasteiger partial charge in [-0.15, -0.1) is 0 Å². The zero-order valence-electron chi connectivity index (χ0n) is 25.7. The molecule has 1 aliphatic rings. The molecule has 0 atom stereocenters. The summed E-state index contributed by atoms with van der Waals surface area (Å²) in [4.78, 5) is 41.5. The Morgan fingerprint density at radius 3 is 2.28 bits per heavy atom. The van der Waals surface area contributed by atoms with Crippen LogP contribution in [0.4, 0.5) is 18.9 Å². The predicted octanol–water partition coefficient (Wildman–Crippen LogP) is 7.55. The van der Waals surface area contributed by atoms with E-state index in [1.807, 2.05) is 17.7 Å². The zero-order valence-corrected chi connectivity index (χ0v) is 25.7. The van der Waals surface area contributed by atoms with Crippen LogP contribution in [0.15, 0.2) is 66.9 Å².